The second-order valence-electron chi connectivity index (χ2n) is 14.3. The van der Waals surface area contributed by atoms with E-state index in [0.717, 1.165) is 60.0 Å². The molecule has 1 nitrogen and oxygen atoms in total. The first-order chi connectivity index (χ1) is 26.6. The highest BCUT2D eigenvalue weighted by atomic mass is 32.1. The Labute approximate surface area is 320 Å². The molecule has 2 heterocycles. The Morgan fingerprint density at radius 2 is 1.56 bits per heavy atom. The van der Waals surface area contributed by atoms with Gasteiger partial charge in [0.05, 0.1) is 0 Å². The van der Waals surface area contributed by atoms with Crippen molar-refractivity contribution in [2.75, 3.05) is 0 Å². The molecule has 9 rings (SSSR count). The van der Waals surface area contributed by atoms with Crippen LogP contribution in [0, 0.1) is 0 Å². The lowest BCUT2D eigenvalue weighted by atomic mass is 9.88. The van der Waals surface area contributed by atoms with Crippen molar-refractivity contribution in [3.05, 3.63) is 190 Å². The zero-order valence-corrected chi connectivity index (χ0v) is 31.5. The maximum absolute atomic E-state index is 6.31. The minimum absolute atomic E-state index is 0.873. The zero-order chi connectivity index (χ0) is 36.6. The lowest BCUT2D eigenvalue weighted by Gasteiger charge is -2.16. The van der Waals surface area contributed by atoms with Gasteiger partial charge in [-0.2, -0.15) is 0 Å². The minimum atomic E-state index is 0.873. The molecule has 0 N–H and O–H groups in total. The molecule has 2 aromatic heterocycles. The van der Waals surface area contributed by atoms with Crippen LogP contribution in [-0.2, 0) is 0 Å². The van der Waals surface area contributed by atoms with Gasteiger partial charge in [0.1, 0.15) is 11.2 Å². The van der Waals surface area contributed by atoms with E-state index in [2.05, 4.69) is 166 Å². The third kappa shape index (κ3) is 6.27. The molecule has 0 spiro atoms. The third-order valence-electron chi connectivity index (χ3n) is 10.9. The quantitative estimate of drug-likeness (QED) is 0.173. The summed E-state index contributed by atoms with van der Waals surface area (Å²) in [6, 6.07) is 39.3. The van der Waals surface area contributed by atoms with E-state index in [9.17, 15) is 0 Å². The molecule has 262 valence electrons. The Morgan fingerprint density at radius 3 is 2.41 bits per heavy atom. The van der Waals surface area contributed by atoms with Gasteiger partial charge in [-0.05, 0) is 118 Å². The summed E-state index contributed by atoms with van der Waals surface area (Å²) in [6.07, 6.45) is 21.1. The summed E-state index contributed by atoms with van der Waals surface area (Å²) in [6.45, 7) is 11.0. The van der Waals surface area contributed by atoms with E-state index in [4.69, 9.17) is 4.42 Å². The van der Waals surface area contributed by atoms with Crippen molar-refractivity contribution in [1.29, 1.82) is 0 Å². The van der Waals surface area contributed by atoms with Crippen molar-refractivity contribution in [1.82, 2.24) is 0 Å². The van der Waals surface area contributed by atoms with Gasteiger partial charge >= 0.3 is 0 Å². The molecule has 0 amide bonds. The number of benzene rings is 4. The van der Waals surface area contributed by atoms with Crippen LogP contribution in [0.5, 0.6) is 0 Å². The predicted octanol–water partition coefficient (Wildman–Crippen LogP) is 13.9. The van der Waals surface area contributed by atoms with E-state index in [1.54, 1.807) is 0 Å². The number of fused-ring (bicyclic) bond motifs is 7. The maximum Gasteiger partial charge on any atom is 0.136 e. The van der Waals surface area contributed by atoms with E-state index in [1.807, 2.05) is 17.4 Å². The summed E-state index contributed by atoms with van der Waals surface area (Å²) in [4.78, 5) is 0. The Kier molecular flexibility index (Phi) is 9.06. The summed E-state index contributed by atoms with van der Waals surface area (Å²) < 4.78 is 8.94. The molecule has 2 aliphatic carbocycles. The first-order valence-electron chi connectivity index (χ1n) is 19.0. The fraction of sp³-hybridized carbons (Fsp3) is 0.115. The molecule has 0 saturated heterocycles. The second-order valence-corrected chi connectivity index (χ2v) is 15.4. The average molecular weight is 715 g/mol. The largest absolute Gasteiger partial charge is 0.456 e. The predicted molar refractivity (Wildman–Crippen MR) is 237 cm³/mol. The molecular formula is C52H42OS. The summed E-state index contributed by atoms with van der Waals surface area (Å²) in [7, 11) is 0. The number of rotatable bonds is 5. The van der Waals surface area contributed by atoms with Crippen LogP contribution in [0.3, 0.4) is 0 Å². The fourth-order valence-electron chi connectivity index (χ4n) is 8.21. The molecular weight excluding hydrogens is 673 g/mol. The lowest BCUT2D eigenvalue weighted by Crippen LogP contribution is -2.17. The first kappa shape index (κ1) is 33.8. The van der Waals surface area contributed by atoms with E-state index in [-0.39, 0.29) is 0 Å². The van der Waals surface area contributed by atoms with Crippen molar-refractivity contribution in [2.24, 2.45) is 0 Å². The van der Waals surface area contributed by atoms with Crippen LogP contribution in [0.2, 0.25) is 0 Å². The fourth-order valence-corrected chi connectivity index (χ4v) is 9.43. The second kappa shape index (κ2) is 14.5. The highest BCUT2D eigenvalue weighted by Crippen LogP contribution is 2.37. The summed E-state index contributed by atoms with van der Waals surface area (Å²) in [5, 5.41) is 9.91. The summed E-state index contributed by atoms with van der Waals surface area (Å²) >= 11 is 1.88. The van der Waals surface area contributed by atoms with Gasteiger partial charge in [-0.3, -0.25) is 0 Å². The Balaban J connectivity index is 1.12. The van der Waals surface area contributed by atoms with Gasteiger partial charge in [-0.25, -0.2) is 0 Å². The number of hydrogen-bond donors (Lipinski definition) is 0. The zero-order valence-electron chi connectivity index (χ0n) is 30.7. The SMILES string of the molecule is C=C1C=CCC/C1=C/C(=C)c1ccccccc(C2=CC(C/C=c3\c(=C/C)sc4c3ccc3cc5c(cc34)oc3ccccc35)=CCC2)c2ccccc12. The monoisotopic (exact) mass is 714 g/mol. The number of allylic oxidation sites excluding steroid dienone is 10. The van der Waals surface area contributed by atoms with Crippen LogP contribution in [0.1, 0.15) is 50.2 Å². The smallest absolute Gasteiger partial charge is 0.136 e. The number of thiophene rings is 1. The van der Waals surface area contributed by atoms with Crippen molar-refractivity contribution in [2.45, 2.75) is 39.0 Å². The van der Waals surface area contributed by atoms with Crippen LogP contribution in [-0.4, -0.2) is 0 Å². The molecule has 2 aliphatic rings. The standard InChI is InChI=1S/C52H42OS/c1-4-51-45(46-29-27-39-32-48-44-24-13-14-25-49(44)53-50(48)33-47(39)52(46)54-51)28-26-36-17-15-19-38(31-36)41-21-8-6-5-7-20-40(42-22-11-12-23-43(41)42)35(3)30-37-18-10-9-16-34(37)2/h4-9,11-14,16-17,20-25,27-33H,2-3,10,15,18-19,26H2,1H3/b6-5?,7-5?,8-6?,20-7?,21-8?,37-30-,40-20?,41-21?,42-40?,43-41?,45-28-,51-4+. The van der Waals surface area contributed by atoms with Gasteiger partial charge in [-0.1, -0.05) is 147 Å². The van der Waals surface area contributed by atoms with E-state index in [1.165, 1.54) is 74.4 Å². The Bertz CT molecular complexity index is 3000. The van der Waals surface area contributed by atoms with Crippen molar-refractivity contribution < 1.29 is 4.42 Å². The van der Waals surface area contributed by atoms with E-state index < -0.39 is 0 Å². The molecule has 7 aromatic rings. The third-order valence-corrected chi connectivity index (χ3v) is 12.3. The van der Waals surface area contributed by atoms with E-state index in [0.29, 0.717) is 0 Å². The van der Waals surface area contributed by atoms with Crippen LogP contribution in [0.25, 0.3) is 76.9 Å². The summed E-state index contributed by atoms with van der Waals surface area (Å²) in [5.41, 5.74) is 10.4. The van der Waals surface area contributed by atoms with Crippen molar-refractivity contribution in [3.63, 3.8) is 0 Å². The number of hydrogen-bond acceptors (Lipinski definition) is 2. The molecule has 0 atom stereocenters. The topological polar surface area (TPSA) is 13.1 Å². The average Bonchev–Trinajstić information content (AvgIpc) is 3.76. The number of para-hydroxylation sites is 1. The van der Waals surface area contributed by atoms with Crippen molar-refractivity contribution in [3.8, 4) is 0 Å². The molecule has 0 bridgehead atoms. The molecule has 54 heavy (non-hydrogen) atoms. The normalized spacial score (nSPS) is 16.2. The number of furan rings is 1. The molecule has 0 radical (unpaired) electrons. The Hall–Kier alpha value is -5.96. The van der Waals surface area contributed by atoms with Crippen LogP contribution in [0.15, 0.2) is 174 Å². The van der Waals surface area contributed by atoms with Gasteiger partial charge in [-0.15, -0.1) is 11.3 Å². The van der Waals surface area contributed by atoms with Gasteiger partial charge in [0.25, 0.3) is 0 Å². The first-order valence-corrected chi connectivity index (χ1v) is 19.8. The lowest BCUT2D eigenvalue weighted by molar-refractivity contribution is 0.669. The molecule has 2 heteroatoms. The highest BCUT2D eigenvalue weighted by molar-refractivity contribution is 7.18. The minimum Gasteiger partial charge on any atom is -0.456 e. The van der Waals surface area contributed by atoms with Crippen LogP contribution in [0.4, 0.5) is 0 Å². The van der Waals surface area contributed by atoms with Crippen LogP contribution >= 0.6 is 11.3 Å². The Morgan fingerprint density at radius 1 is 0.759 bits per heavy atom. The molecule has 5 aromatic carbocycles. The molecule has 0 fully saturated rings. The maximum atomic E-state index is 6.31. The summed E-state index contributed by atoms with van der Waals surface area (Å²) in [5.74, 6) is 0. The van der Waals surface area contributed by atoms with Gasteiger partial charge in [0.15, 0.2) is 0 Å². The molecule has 0 aliphatic heterocycles. The van der Waals surface area contributed by atoms with Crippen LogP contribution < -0.4 is 9.75 Å². The molecule has 0 unspecified atom stereocenters. The highest BCUT2D eigenvalue weighted by Gasteiger charge is 2.14. The van der Waals surface area contributed by atoms with E-state index >= 15 is 0 Å². The van der Waals surface area contributed by atoms with Gasteiger partial charge < -0.3 is 4.42 Å². The van der Waals surface area contributed by atoms with Gasteiger partial charge in [0, 0.05) is 30.8 Å². The van der Waals surface area contributed by atoms with Gasteiger partial charge in [0.2, 0.25) is 0 Å². The van der Waals surface area contributed by atoms with Crippen molar-refractivity contribution >= 4 is 88.2 Å². The molecule has 0 saturated carbocycles.